The summed E-state index contributed by atoms with van der Waals surface area (Å²) >= 11 is 5.93. The van der Waals surface area contributed by atoms with E-state index in [0.29, 0.717) is 10.6 Å². The zero-order valence-corrected chi connectivity index (χ0v) is 8.23. The lowest BCUT2D eigenvalue weighted by Gasteiger charge is -2.06. The van der Waals surface area contributed by atoms with Crippen LogP contribution in [0.4, 0.5) is 5.69 Å². The number of nitrogens with one attached hydrogen (secondary N) is 1. The van der Waals surface area contributed by atoms with Gasteiger partial charge in [0.1, 0.15) is 0 Å². The van der Waals surface area contributed by atoms with Crippen molar-refractivity contribution in [2.24, 2.45) is 0 Å². The first kappa shape index (κ1) is 9.88. The van der Waals surface area contributed by atoms with Crippen LogP contribution in [0.15, 0.2) is 18.2 Å². The van der Waals surface area contributed by atoms with Crippen LogP contribution >= 0.6 is 11.6 Å². The molecule has 68 valence electrons. The van der Waals surface area contributed by atoms with Crippen molar-refractivity contribution in [1.29, 1.82) is 5.26 Å². The van der Waals surface area contributed by atoms with Crippen LogP contribution in [0, 0.1) is 11.3 Å². The van der Waals surface area contributed by atoms with Crippen LogP contribution in [0.3, 0.4) is 0 Å². The van der Waals surface area contributed by atoms with E-state index >= 15 is 0 Å². The second-order valence-electron chi connectivity index (χ2n) is 2.73. The number of nitriles is 1. The number of anilines is 1. The third-order valence-electron chi connectivity index (χ3n) is 1.66. The molecule has 0 aromatic heterocycles. The molecule has 13 heavy (non-hydrogen) atoms. The quantitative estimate of drug-likeness (QED) is 0.803. The van der Waals surface area contributed by atoms with Crippen LogP contribution < -0.4 is 5.32 Å². The summed E-state index contributed by atoms with van der Waals surface area (Å²) in [6.07, 6.45) is 1.05. The Labute approximate surface area is 83.1 Å². The van der Waals surface area contributed by atoms with E-state index < -0.39 is 0 Å². The topological polar surface area (TPSA) is 35.8 Å². The Morgan fingerprint density at radius 2 is 2.31 bits per heavy atom. The molecule has 0 aliphatic heterocycles. The second-order valence-corrected chi connectivity index (χ2v) is 3.14. The maximum absolute atomic E-state index is 8.60. The summed E-state index contributed by atoms with van der Waals surface area (Å²) < 4.78 is 0. The molecule has 0 radical (unpaired) electrons. The van der Waals surface area contributed by atoms with E-state index in [2.05, 4.69) is 12.2 Å². The summed E-state index contributed by atoms with van der Waals surface area (Å²) in [6.45, 7) is 2.98. The minimum absolute atomic E-state index is 0.590. The lowest BCUT2D eigenvalue weighted by Crippen LogP contribution is -1.99. The third-order valence-corrected chi connectivity index (χ3v) is 1.98. The minimum atomic E-state index is 0.590. The van der Waals surface area contributed by atoms with Crippen molar-refractivity contribution in [2.75, 3.05) is 11.9 Å². The molecule has 0 amide bonds. The standard InChI is InChI=1S/C10H11ClN2/c1-2-5-13-10-4-3-8(7-12)6-9(10)11/h3-4,6,13H,2,5H2,1H3. The summed E-state index contributed by atoms with van der Waals surface area (Å²) in [5.74, 6) is 0. The van der Waals surface area contributed by atoms with E-state index in [1.807, 2.05) is 12.1 Å². The largest absolute Gasteiger partial charge is 0.384 e. The van der Waals surface area contributed by atoms with Crippen LogP contribution in [0.25, 0.3) is 0 Å². The van der Waals surface area contributed by atoms with Gasteiger partial charge in [-0.05, 0) is 24.6 Å². The molecule has 0 bridgehead atoms. The SMILES string of the molecule is CCCNc1ccc(C#N)cc1Cl. The van der Waals surface area contributed by atoms with Gasteiger partial charge in [0, 0.05) is 6.54 Å². The molecule has 2 nitrogen and oxygen atoms in total. The molecule has 0 spiro atoms. The molecule has 0 fully saturated rings. The zero-order chi connectivity index (χ0) is 9.68. The van der Waals surface area contributed by atoms with Crippen molar-refractivity contribution in [3.05, 3.63) is 28.8 Å². The number of hydrogen-bond acceptors (Lipinski definition) is 2. The van der Waals surface area contributed by atoms with Gasteiger partial charge in [0.15, 0.2) is 0 Å². The predicted octanol–water partition coefficient (Wildman–Crippen LogP) is 3.03. The summed E-state index contributed by atoms with van der Waals surface area (Å²) in [6, 6.07) is 7.29. The summed E-state index contributed by atoms with van der Waals surface area (Å²) in [4.78, 5) is 0. The van der Waals surface area contributed by atoms with Gasteiger partial charge in [-0.3, -0.25) is 0 Å². The van der Waals surface area contributed by atoms with Gasteiger partial charge in [-0.15, -0.1) is 0 Å². The maximum Gasteiger partial charge on any atom is 0.0992 e. The van der Waals surface area contributed by atoms with Crippen LogP contribution in [-0.2, 0) is 0 Å². The summed E-state index contributed by atoms with van der Waals surface area (Å²) in [5.41, 5.74) is 1.48. The van der Waals surface area contributed by atoms with E-state index in [1.54, 1.807) is 12.1 Å². The lowest BCUT2D eigenvalue weighted by molar-refractivity contribution is 0.980. The van der Waals surface area contributed by atoms with Crippen molar-refractivity contribution >= 4 is 17.3 Å². The van der Waals surface area contributed by atoms with Crippen molar-refractivity contribution < 1.29 is 0 Å². The number of nitrogens with zero attached hydrogens (tertiary/aromatic N) is 1. The molecule has 3 heteroatoms. The molecule has 1 N–H and O–H groups in total. The molecule has 1 rings (SSSR count). The van der Waals surface area contributed by atoms with Gasteiger partial charge in [0.05, 0.1) is 22.3 Å². The van der Waals surface area contributed by atoms with Gasteiger partial charge in [0.2, 0.25) is 0 Å². The Hall–Kier alpha value is -1.20. The van der Waals surface area contributed by atoms with Crippen molar-refractivity contribution in [3.63, 3.8) is 0 Å². The smallest absolute Gasteiger partial charge is 0.0992 e. The fourth-order valence-electron chi connectivity index (χ4n) is 0.988. The van der Waals surface area contributed by atoms with E-state index in [0.717, 1.165) is 18.7 Å². The predicted molar refractivity (Wildman–Crippen MR) is 54.9 cm³/mol. The lowest BCUT2D eigenvalue weighted by atomic mass is 10.2. The molecule has 1 aromatic carbocycles. The highest BCUT2D eigenvalue weighted by Crippen LogP contribution is 2.22. The molecule has 0 aliphatic carbocycles. The van der Waals surface area contributed by atoms with Gasteiger partial charge in [-0.1, -0.05) is 18.5 Å². The highest BCUT2D eigenvalue weighted by atomic mass is 35.5. The average Bonchev–Trinajstić information content (AvgIpc) is 2.16. The molecule has 1 aromatic rings. The van der Waals surface area contributed by atoms with Gasteiger partial charge >= 0.3 is 0 Å². The fourth-order valence-corrected chi connectivity index (χ4v) is 1.24. The highest BCUT2D eigenvalue weighted by Gasteiger charge is 1.99. The van der Waals surface area contributed by atoms with Gasteiger partial charge in [-0.25, -0.2) is 0 Å². The highest BCUT2D eigenvalue weighted by molar-refractivity contribution is 6.33. The van der Waals surface area contributed by atoms with Crippen molar-refractivity contribution in [1.82, 2.24) is 0 Å². The average molecular weight is 195 g/mol. The summed E-state index contributed by atoms with van der Waals surface area (Å²) in [7, 11) is 0. The number of hydrogen-bond donors (Lipinski definition) is 1. The Morgan fingerprint density at radius 1 is 1.54 bits per heavy atom. The first-order valence-electron chi connectivity index (χ1n) is 4.21. The normalized spacial score (nSPS) is 9.31. The van der Waals surface area contributed by atoms with E-state index in [4.69, 9.17) is 16.9 Å². The molecular weight excluding hydrogens is 184 g/mol. The van der Waals surface area contributed by atoms with Crippen LogP contribution in [-0.4, -0.2) is 6.54 Å². The summed E-state index contributed by atoms with van der Waals surface area (Å²) in [5, 5.41) is 12.4. The minimum Gasteiger partial charge on any atom is -0.384 e. The van der Waals surface area contributed by atoms with Crippen molar-refractivity contribution in [3.8, 4) is 6.07 Å². The van der Waals surface area contributed by atoms with Crippen LogP contribution in [0.1, 0.15) is 18.9 Å². The molecule has 0 saturated heterocycles. The van der Waals surface area contributed by atoms with E-state index in [-0.39, 0.29) is 0 Å². The third kappa shape index (κ3) is 2.64. The Bertz CT molecular complexity index is 328. The molecular formula is C10H11ClN2. The van der Waals surface area contributed by atoms with Gasteiger partial charge < -0.3 is 5.32 Å². The molecule has 0 heterocycles. The zero-order valence-electron chi connectivity index (χ0n) is 7.47. The Balaban J connectivity index is 2.81. The Morgan fingerprint density at radius 3 is 2.85 bits per heavy atom. The van der Waals surface area contributed by atoms with E-state index in [9.17, 15) is 0 Å². The monoisotopic (exact) mass is 194 g/mol. The number of benzene rings is 1. The molecule has 0 saturated carbocycles. The number of rotatable bonds is 3. The number of halogens is 1. The first-order valence-corrected chi connectivity index (χ1v) is 4.59. The van der Waals surface area contributed by atoms with Crippen LogP contribution in [0.2, 0.25) is 5.02 Å². The molecule has 0 atom stereocenters. The Kier molecular flexibility index (Phi) is 3.60. The van der Waals surface area contributed by atoms with E-state index in [1.165, 1.54) is 0 Å². The molecule has 0 unspecified atom stereocenters. The first-order chi connectivity index (χ1) is 6.27. The van der Waals surface area contributed by atoms with Crippen molar-refractivity contribution in [2.45, 2.75) is 13.3 Å². The maximum atomic E-state index is 8.60. The van der Waals surface area contributed by atoms with Gasteiger partial charge in [0.25, 0.3) is 0 Å². The fraction of sp³-hybridized carbons (Fsp3) is 0.300. The second kappa shape index (κ2) is 4.74. The van der Waals surface area contributed by atoms with Crippen LogP contribution in [0.5, 0.6) is 0 Å². The molecule has 0 aliphatic rings. The van der Waals surface area contributed by atoms with Gasteiger partial charge in [-0.2, -0.15) is 5.26 Å².